The average molecular weight is 204 g/mol. The standard InChI is InChI=1S/C9H20N2OS/c1-4-10-9(13)11-5-6-12-7-8(2)3/h8H,4-7H2,1-3H3,(H2,10,11,13). The molecule has 0 amide bonds. The molecule has 0 spiro atoms. The van der Waals surface area contributed by atoms with Gasteiger partial charge in [-0.1, -0.05) is 13.8 Å². The second-order valence-corrected chi connectivity index (χ2v) is 3.66. The van der Waals surface area contributed by atoms with E-state index in [9.17, 15) is 0 Å². The van der Waals surface area contributed by atoms with Gasteiger partial charge in [0.25, 0.3) is 0 Å². The lowest BCUT2D eigenvalue weighted by atomic mass is 10.2. The predicted octanol–water partition coefficient (Wildman–Crippen LogP) is 1.14. The van der Waals surface area contributed by atoms with E-state index in [0.29, 0.717) is 17.6 Å². The van der Waals surface area contributed by atoms with E-state index < -0.39 is 0 Å². The summed E-state index contributed by atoms with van der Waals surface area (Å²) in [5.41, 5.74) is 0. The first-order valence-corrected chi connectivity index (χ1v) is 5.17. The first kappa shape index (κ1) is 12.7. The SMILES string of the molecule is CCNC(=S)NCCOCC(C)C. The Bertz CT molecular complexity index is 140. The van der Waals surface area contributed by atoms with E-state index in [1.807, 2.05) is 6.92 Å². The zero-order valence-corrected chi connectivity index (χ0v) is 9.54. The highest BCUT2D eigenvalue weighted by molar-refractivity contribution is 7.80. The molecule has 0 saturated heterocycles. The summed E-state index contributed by atoms with van der Waals surface area (Å²) in [4.78, 5) is 0. The van der Waals surface area contributed by atoms with E-state index in [4.69, 9.17) is 17.0 Å². The van der Waals surface area contributed by atoms with E-state index >= 15 is 0 Å². The van der Waals surface area contributed by atoms with Crippen molar-refractivity contribution in [2.75, 3.05) is 26.3 Å². The molecule has 4 heteroatoms. The van der Waals surface area contributed by atoms with Crippen molar-refractivity contribution in [3.63, 3.8) is 0 Å². The molecule has 0 aromatic heterocycles. The molecule has 2 N–H and O–H groups in total. The zero-order valence-electron chi connectivity index (χ0n) is 8.72. The van der Waals surface area contributed by atoms with Crippen molar-refractivity contribution in [1.29, 1.82) is 0 Å². The molecule has 0 fully saturated rings. The van der Waals surface area contributed by atoms with Crippen LogP contribution in [0.15, 0.2) is 0 Å². The summed E-state index contributed by atoms with van der Waals surface area (Å²) in [7, 11) is 0. The third kappa shape index (κ3) is 9.56. The van der Waals surface area contributed by atoms with Crippen molar-refractivity contribution < 1.29 is 4.74 Å². The van der Waals surface area contributed by atoms with Gasteiger partial charge in [-0.15, -0.1) is 0 Å². The Labute approximate surface area is 86.2 Å². The first-order chi connectivity index (χ1) is 6.16. The summed E-state index contributed by atoms with van der Waals surface area (Å²) in [6.45, 7) is 9.45. The maximum absolute atomic E-state index is 5.37. The summed E-state index contributed by atoms with van der Waals surface area (Å²) >= 11 is 4.98. The fourth-order valence-electron chi connectivity index (χ4n) is 0.779. The third-order valence-corrected chi connectivity index (χ3v) is 1.61. The Morgan fingerprint density at radius 3 is 2.62 bits per heavy atom. The van der Waals surface area contributed by atoms with Crippen LogP contribution in [0.25, 0.3) is 0 Å². The smallest absolute Gasteiger partial charge is 0.166 e. The number of rotatable bonds is 6. The Morgan fingerprint density at radius 1 is 1.38 bits per heavy atom. The molecular formula is C9H20N2OS. The first-order valence-electron chi connectivity index (χ1n) is 4.76. The average Bonchev–Trinajstić information content (AvgIpc) is 2.03. The maximum atomic E-state index is 5.37. The van der Waals surface area contributed by atoms with Gasteiger partial charge in [0.05, 0.1) is 6.61 Å². The molecule has 0 heterocycles. The van der Waals surface area contributed by atoms with Gasteiger partial charge < -0.3 is 15.4 Å². The van der Waals surface area contributed by atoms with E-state index in [-0.39, 0.29) is 0 Å². The molecule has 0 aromatic rings. The van der Waals surface area contributed by atoms with Crippen LogP contribution in [-0.4, -0.2) is 31.4 Å². The van der Waals surface area contributed by atoms with E-state index in [2.05, 4.69) is 24.5 Å². The normalized spacial score (nSPS) is 10.2. The lowest BCUT2D eigenvalue weighted by Gasteiger charge is -2.09. The largest absolute Gasteiger partial charge is 0.379 e. The van der Waals surface area contributed by atoms with Crippen LogP contribution in [0.1, 0.15) is 20.8 Å². The highest BCUT2D eigenvalue weighted by atomic mass is 32.1. The van der Waals surface area contributed by atoms with Gasteiger partial charge in [0.2, 0.25) is 0 Å². The Kier molecular flexibility index (Phi) is 8.04. The van der Waals surface area contributed by atoms with E-state index in [0.717, 1.165) is 19.7 Å². The molecule has 0 rings (SSSR count). The lowest BCUT2D eigenvalue weighted by Crippen LogP contribution is -2.36. The van der Waals surface area contributed by atoms with Gasteiger partial charge in [0.15, 0.2) is 5.11 Å². The van der Waals surface area contributed by atoms with Crippen LogP contribution >= 0.6 is 12.2 Å². The number of ether oxygens (including phenoxy) is 1. The second-order valence-electron chi connectivity index (χ2n) is 3.25. The van der Waals surface area contributed by atoms with Gasteiger partial charge in [-0.3, -0.25) is 0 Å². The van der Waals surface area contributed by atoms with Crippen LogP contribution in [0.2, 0.25) is 0 Å². The monoisotopic (exact) mass is 204 g/mol. The Hall–Kier alpha value is -0.350. The molecule has 0 bridgehead atoms. The van der Waals surface area contributed by atoms with Crippen LogP contribution < -0.4 is 10.6 Å². The van der Waals surface area contributed by atoms with Gasteiger partial charge in [0.1, 0.15) is 0 Å². The van der Waals surface area contributed by atoms with Crippen molar-refractivity contribution in [3.05, 3.63) is 0 Å². The predicted molar refractivity (Wildman–Crippen MR) is 59.9 cm³/mol. The van der Waals surface area contributed by atoms with Crippen molar-refractivity contribution in [2.45, 2.75) is 20.8 Å². The molecule has 0 aliphatic heterocycles. The highest BCUT2D eigenvalue weighted by Gasteiger charge is 1.94. The fraction of sp³-hybridized carbons (Fsp3) is 0.889. The minimum absolute atomic E-state index is 0.598. The quantitative estimate of drug-likeness (QED) is 0.502. The van der Waals surface area contributed by atoms with Crippen molar-refractivity contribution in [1.82, 2.24) is 10.6 Å². The van der Waals surface area contributed by atoms with E-state index in [1.165, 1.54) is 0 Å². The topological polar surface area (TPSA) is 33.3 Å². The molecule has 78 valence electrons. The molecule has 0 unspecified atom stereocenters. The summed E-state index contributed by atoms with van der Waals surface area (Å²) in [6.07, 6.45) is 0. The van der Waals surface area contributed by atoms with Gasteiger partial charge in [-0.2, -0.15) is 0 Å². The lowest BCUT2D eigenvalue weighted by molar-refractivity contribution is 0.114. The molecule has 3 nitrogen and oxygen atoms in total. The summed E-state index contributed by atoms with van der Waals surface area (Å²) < 4.78 is 5.37. The Morgan fingerprint density at radius 2 is 2.08 bits per heavy atom. The van der Waals surface area contributed by atoms with Crippen molar-refractivity contribution in [2.24, 2.45) is 5.92 Å². The minimum Gasteiger partial charge on any atom is -0.379 e. The second kappa shape index (κ2) is 8.26. The highest BCUT2D eigenvalue weighted by Crippen LogP contribution is 1.90. The summed E-state index contributed by atoms with van der Waals surface area (Å²) in [5, 5.41) is 6.77. The summed E-state index contributed by atoms with van der Waals surface area (Å²) in [6, 6.07) is 0. The molecule has 0 aliphatic rings. The number of nitrogens with one attached hydrogen (secondary N) is 2. The van der Waals surface area contributed by atoms with Crippen LogP contribution in [-0.2, 0) is 4.74 Å². The molecule has 13 heavy (non-hydrogen) atoms. The fourth-order valence-corrected chi connectivity index (χ4v) is 1.03. The van der Waals surface area contributed by atoms with Crippen LogP contribution in [0.4, 0.5) is 0 Å². The molecule has 0 aliphatic carbocycles. The van der Waals surface area contributed by atoms with Gasteiger partial charge in [-0.05, 0) is 25.1 Å². The van der Waals surface area contributed by atoms with Gasteiger partial charge in [0, 0.05) is 19.7 Å². The van der Waals surface area contributed by atoms with Crippen LogP contribution in [0, 0.1) is 5.92 Å². The molecule has 0 atom stereocenters. The maximum Gasteiger partial charge on any atom is 0.166 e. The number of hydrogen-bond acceptors (Lipinski definition) is 2. The van der Waals surface area contributed by atoms with Crippen molar-refractivity contribution in [3.8, 4) is 0 Å². The third-order valence-electron chi connectivity index (χ3n) is 1.32. The Balaban J connectivity index is 3.11. The van der Waals surface area contributed by atoms with Gasteiger partial charge in [-0.25, -0.2) is 0 Å². The summed E-state index contributed by atoms with van der Waals surface area (Å²) in [5.74, 6) is 0.598. The molecule has 0 saturated carbocycles. The van der Waals surface area contributed by atoms with Crippen LogP contribution in [0.5, 0.6) is 0 Å². The molecular weight excluding hydrogens is 184 g/mol. The minimum atomic E-state index is 0.598. The number of thiocarbonyl (C=S) groups is 1. The van der Waals surface area contributed by atoms with E-state index in [1.54, 1.807) is 0 Å². The zero-order chi connectivity index (χ0) is 10.1. The molecule has 0 aromatic carbocycles. The molecule has 0 radical (unpaired) electrons. The number of hydrogen-bond donors (Lipinski definition) is 2. The van der Waals surface area contributed by atoms with Crippen LogP contribution in [0.3, 0.4) is 0 Å². The van der Waals surface area contributed by atoms with Crippen molar-refractivity contribution >= 4 is 17.3 Å². The van der Waals surface area contributed by atoms with Gasteiger partial charge >= 0.3 is 0 Å².